The molecule has 0 unspecified atom stereocenters. The first kappa shape index (κ1) is 18.4. The molecule has 2 amide bonds. The van der Waals surface area contributed by atoms with Gasteiger partial charge in [0.15, 0.2) is 5.76 Å². The largest absolute Gasteiger partial charge is 0.459 e. The molecule has 6 nitrogen and oxygen atoms in total. The molecule has 1 aliphatic rings. The van der Waals surface area contributed by atoms with Crippen molar-refractivity contribution in [1.82, 2.24) is 14.8 Å². The number of carbonyl (C=O) groups excluding carboxylic acids is 2. The van der Waals surface area contributed by atoms with Crippen LogP contribution in [0.2, 0.25) is 0 Å². The first-order chi connectivity index (χ1) is 13.6. The second-order valence-corrected chi connectivity index (χ2v) is 7.70. The molecule has 3 aromatic rings. The van der Waals surface area contributed by atoms with Gasteiger partial charge in [0.05, 0.1) is 18.4 Å². The number of piperazine rings is 1. The number of amides is 2. The maximum absolute atomic E-state index is 12.6. The van der Waals surface area contributed by atoms with Crippen LogP contribution in [0.1, 0.15) is 21.8 Å². The van der Waals surface area contributed by atoms with E-state index in [0.29, 0.717) is 31.9 Å². The van der Waals surface area contributed by atoms with Crippen LogP contribution in [0.5, 0.6) is 0 Å². The van der Waals surface area contributed by atoms with Crippen molar-refractivity contribution in [2.24, 2.45) is 0 Å². The summed E-state index contributed by atoms with van der Waals surface area (Å²) in [6, 6.07) is 11.6. The van der Waals surface area contributed by atoms with Crippen molar-refractivity contribution in [3.63, 3.8) is 0 Å². The second kappa shape index (κ2) is 7.98. The lowest BCUT2D eigenvalue weighted by molar-refractivity contribution is -0.132. The lowest BCUT2D eigenvalue weighted by atomic mass is 10.1. The first-order valence-corrected chi connectivity index (χ1v) is 10.1. The number of carbonyl (C=O) groups is 2. The Morgan fingerprint density at radius 3 is 2.61 bits per heavy atom. The Morgan fingerprint density at radius 1 is 1.11 bits per heavy atom. The highest BCUT2D eigenvalue weighted by molar-refractivity contribution is 7.13. The zero-order valence-corrected chi connectivity index (χ0v) is 16.4. The highest BCUT2D eigenvalue weighted by atomic mass is 32.1. The van der Waals surface area contributed by atoms with Gasteiger partial charge in [0, 0.05) is 37.1 Å². The molecule has 28 heavy (non-hydrogen) atoms. The molecule has 3 heterocycles. The Kier molecular flexibility index (Phi) is 5.25. The Morgan fingerprint density at radius 2 is 1.89 bits per heavy atom. The number of hydrogen-bond donors (Lipinski definition) is 0. The van der Waals surface area contributed by atoms with Crippen LogP contribution >= 0.6 is 11.3 Å². The smallest absolute Gasteiger partial charge is 0.289 e. The molecule has 1 saturated heterocycles. The Labute approximate surface area is 167 Å². The standard InChI is InChI=1S/C21H21N3O3S/c1-15-4-2-5-16(12-15)20-22-17(14-28-20)13-19(25)23-7-9-24(10-8-23)21(26)18-6-3-11-27-18/h2-6,11-12,14H,7-10,13H2,1H3. The van der Waals surface area contributed by atoms with Gasteiger partial charge in [-0.15, -0.1) is 11.3 Å². The summed E-state index contributed by atoms with van der Waals surface area (Å²) >= 11 is 1.56. The molecule has 1 fully saturated rings. The summed E-state index contributed by atoms with van der Waals surface area (Å²) in [5.74, 6) is 0.261. The molecule has 1 aromatic carbocycles. The predicted molar refractivity (Wildman–Crippen MR) is 107 cm³/mol. The molecule has 1 aliphatic heterocycles. The summed E-state index contributed by atoms with van der Waals surface area (Å²) in [6.07, 6.45) is 1.78. The van der Waals surface area contributed by atoms with Crippen LogP contribution < -0.4 is 0 Å². The topological polar surface area (TPSA) is 66.7 Å². The van der Waals surface area contributed by atoms with E-state index in [1.165, 1.54) is 11.8 Å². The number of furan rings is 1. The molecule has 2 aromatic heterocycles. The SMILES string of the molecule is Cc1cccc(-c2nc(CC(=O)N3CCN(C(=O)c4ccco4)CC3)cs2)c1. The van der Waals surface area contributed by atoms with E-state index >= 15 is 0 Å². The first-order valence-electron chi connectivity index (χ1n) is 9.22. The quantitative estimate of drug-likeness (QED) is 0.680. The van der Waals surface area contributed by atoms with E-state index in [2.05, 4.69) is 24.0 Å². The number of hydrogen-bond acceptors (Lipinski definition) is 5. The average molecular weight is 395 g/mol. The zero-order valence-electron chi connectivity index (χ0n) is 15.6. The molecular weight excluding hydrogens is 374 g/mol. The van der Waals surface area contributed by atoms with Gasteiger partial charge in [-0.2, -0.15) is 0 Å². The summed E-state index contributed by atoms with van der Waals surface area (Å²) in [5.41, 5.74) is 3.06. The van der Waals surface area contributed by atoms with Crippen molar-refractivity contribution in [1.29, 1.82) is 0 Å². The highest BCUT2D eigenvalue weighted by Crippen LogP contribution is 2.25. The molecule has 144 valence electrons. The van der Waals surface area contributed by atoms with Crippen LogP contribution in [0.15, 0.2) is 52.5 Å². The third-order valence-electron chi connectivity index (χ3n) is 4.80. The fourth-order valence-corrected chi connectivity index (χ4v) is 4.10. The number of thiazole rings is 1. The zero-order chi connectivity index (χ0) is 19.5. The van der Waals surface area contributed by atoms with E-state index in [-0.39, 0.29) is 18.2 Å². The number of nitrogens with zero attached hydrogens (tertiary/aromatic N) is 3. The molecule has 0 radical (unpaired) electrons. The van der Waals surface area contributed by atoms with Gasteiger partial charge in [0.25, 0.3) is 5.91 Å². The molecule has 0 saturated carbocycles. The van der Waals surface area contributed by atoms with Gasteiger partial charge in [-0.05, 0) is 25.1 Å². The minimum absolute atomic E-state index is 0.0474. The normalized spacial score (nSPS) is 14.3. The van der Waals surface area contributed by atoms with Crippen molar-refractivity contribution in [3.8, 4) is 10.6 Å². The van der Waals surface area contributed by atoms with Gasteiger partial charge in [0.2, 0.25) is 5.91 Å². The molecule has 0 N–H and O–H groups in total. The van der Waals surface area contributed by atoms with E-state index in [1.807, 2.05) is 17.5 Å². The molecule has 4 rings (SSSR count). The predicted octanol–water partition coefficient (Wildman–Crippen LogP) is 3.24. The Bertz CT molecular complexity index is 972. The summed E-state index contributed by atoms with van der Waals surface area (Å²) in [5, 5.41) is 2.88. The lowest BCUT2D eigenvalue weighted by Crippen LogP contribution is -2.50. The Hall–Kier alpha value is -2.93. The Balaban J connectivity index is 1.33. The van der Waals surface area contributed by atoms with E-state index in [0.717, 1.165) is 16.3 Å². The van der Waals surface area contributed by atoms with Gasteiger partial charge >= 0.3 is 0 Å². The fraction of sp³-hybridized carbons (Fsp3) is 0.286. The van der Waals surface area contributed by atoms with Crippen LogP contribution in [0.4, 0.5) is 0 Å². The van der Waals surface area contributed by atoms with Crippen LogP contribution in [-0.2, 0) is 11.2 Å². The second-order valence-electron chi connectivity index (χ2n) is 6.84. The number of benzene rings is 1. The minimum Gasteiger partial charge on any atom is -0.459 e. The molecular formula is C21H21N3O3S. The maximum Gasteiger partial charge on any atom is 0.289 e. The lowest BCUT2D eigenvalue weighted by Gasteiger charge is -2.34. The third kappa shape index (κ3) is 3.99. The number of aromatic nitrogens is 1. The van der Waals surface area contributed by atoms with Crippen LogP contribution in [0, 0.1) is 6.92 Å². The number of aryl methyl sites for hydroxylation is 1. The van der Waals surface area contributed by atoms with Crippen LogP contribution in [0.25, 0.3) is 10.6 Å². The van der Waals surface area contributed by atoms with E-state index < -0.39 is 0 Å². The average Bonchev–Trinajstić information content (AvgIpc) is 3.40. The molecule has 0 atom stereocenters. The van der Waals surface area contributed by atoms with E-state index in [9.17, 15) is 9.59 Å². The summed E-state index contributed by atoms with van der Waals surface area (Å²) in [4.78, 5) is 33.1. The summed E-state index contributed by atoms with van der Waals surface area (Å²) < 4.78 is 5.17. The maximum atomic E-state index is 12.6. The molecule has 7 heteroatoms. The molecule has 0 bridgehead atoms. The minimum atomic E-state index is -0.126. The third-order valence-corrected chi connectivity index (χ3v) is 5.74. The van der Waals surface area contributed by atoms with E-state index in [1.54, 1.807) is 33.3 Å². The van der Waals surface area contributed by atoms with Gasteiger partial charge in [0.1, 0.15) is 5.01 Å². The van der Waals surface area contributed by atoms with Crippen LogP contribution in [0.3, 0.4) is 0 Å². The van der Waals surface area contributed by atoms with Gasteiger partial charge in [-0.3, -0.25) is 9.59 Å². The van der Waals surface area contributed by atoms with Crippen molar-refractivity contribution in [2.75, 3.05) is 26.2 Å². The van der Waals surface area contributed by atoms with Crippen molar-refractivity contribution < 1.29 is 14.0 Å². The monoisotopic (exact) mass is 395 g/mol. The van der Waals surface area contributed by atoms with Crippen molar-refractivity contribution in [3.05, 3.63) is 65.1 Å². The van der Waals surface area contributed by atoms with Gasteiger partial charge < -0.3 is 14.2 Å². The highest BCUT2D eigenvalue weighted by Gasteiger charge is 2.26. The van der Waals surface area contributed by atoms with Crippen LogP contribution in [-0.4, -0.2) is 52.8 Å². The van der Waals surface area contributed by atoms with Crippen molar-refractivity contribution in [2.45, 2.75) is 13.3 Å². The molecule has 0 aliphatic carbocycles. The van der Waals surface area contributed by atoms with E-state index in [4.69, 9.17) is 4.42 Å². The fourth-order valence-electron chi connectivity index (χ4n) is 3.28. The summed E-state index contributed by atoms with van der Waals surface area (Å²) in [7, 11) is 0. The van der Waals surface area contributed by atoms with Gasteiger partial charge in [-0.1, -0.05) is 23.8 Å². The van der Waals surface area contributed by atoms with Crippen molar-refractivity contribution >= 4 is 23.2 Å². The summed E-state index contributed by atoms with van der Waals surface area (Å²) in [6.45, 7) is 4.13. The number of rotatable bonds is 4. The molecule has 0 spiro atoms. The van der Waals surface area contributed by atoms with Gasteiger partial charge in [-0.25, -0.2) is 4.98 Å².